The number of benzene rings is 1. The standard InChI is InChI=1S/C19H33N/c1-5-6-7-8-9-12-19(15-20-16(2)3)18-13-10-11-17(4)14-18/h10-11,13-14,16,19-20H,5-9,12,15H2,1-4H3. The Bertz CT molecular complexity index is 357. The van der Waals surface area contributed by atoms with Gasteiger partial charge in [0, 0.05) is 12.6 Å². The summed E-state index contributed by atoms with van der Waals surface area (Å²) in [6, 6.07) is 9.62. The van der Waals surface area contributed by atoms with Gasteiger partial charge >= 0.3 is 0 Å². The Morgan fingerprint density at radius 2 is 1.80 bits per heavy atom. The molecule has 0 spiro atoms. The van der Waals surface area contributed by atoms with Crippen LogP contribution < -0.4 is 5.32 Å². The van der Waals surface area contributed by atoms with E-state index >= 15 is 0 Å². The average molecular weight is 275 g/mol. The Kier molecular flexibility index (Phi) is 8.60. The van der Waals surface area contributed by atoms with Gasteiger partial charge in [-0.2, -0.15) is 0 Å². The fraction of sp³-hybridized carbons (Fsp3) is 0.684. The van der Waals surface area contributed by atoms with Crippen LogP contribution in [-0.4, -0.2) is 12.6 Å². The van der Waals surface area contributed by atoms with Crippen molar-refractivity contribution in [2.45, 2.75) is 78.2 Å². The average Bonchev–Trinajstić information content (AvgIpc) is 2.41. The highest BCUT2D eigenvalue weighted by Gasteiger charge is 2.11. The molecule has 0 aliphatic carbocycles. The second-order valence-electron chi connectivity index (χ2n) is 6.38. The fourth-order valence-electron chi connectivity index (χ4n) is 2.68. The highest BCUT2D eigenvalue weighted by Crippen LogP contribution is 2.23. The van der Waals surface area contributed by atoms with Crippen LogP contribution in [0.15, 0.2) is 24.3 Å². The van der Waals surface area contributed by atoms with Crippen LogP contribution in [-0.2, 0) is 0 Å². The minimum atomic E-state index is 0.572. The molecule has 1 unspecified atom stereocenters. The van der Waals surface area contributed by atoms with Gasteiger partial charge in [0.05, 0.1) is 0 Å². The molecule has 0 aliphatic heterocycles. The third-order valence-electron chi connectivity index (χ3n) is 3.94. The minimum Gasteiger partial charge on any atom is -0.314 e. The topological polar surface area (TPSA) is 12.0 Å². The lowest BCUT2D eigenvalue weighted by molar-refractivity contribution is 0.484. The van der Waals surface area contributed by atoms with Crippen LogP contribution >= 0.6 is 0 Å². The molecule has 0 heterocycles. The molecule has 0 saturated carbocycles. The van der Waals surface area contributed by atoms with E-state index < -0.39 is 0 Å². The Balaban J connectivity index is 2.51. The first-order chi connectivity index (χ1) is 9.63. The van der Waals surface area contributed by atoms with Crippen LogP contribution in [0.4, 0.5) is 0 Å². The van der Waals surface area contributed by atoms with Gasteiger partial charge in [-0.05, 0) is 24.8 Å². The third-order valence-corrected chi connectivity index (χ3v) is 3.94. The Labute approximate surface area is 126 Å². The van der Waals surface area contributed by atoms with Gasteiger partial charge in [0.1, 0.15) is 0 Å². The number of hydrogen-bond donors (Lipinski definition) is 1. The minimum absolute atomic E-state index is 0.572. The second kappa shape index (κ2) is 9.99. The quantitative estimate of drug-likeness (QED) is 0.561. The summed E-state index contributed by atoms with van der Waals surface area (Å²) in [6.07, 6.45) is 8.17. The molecule has 0 aliphatic rings. The van der Waals surface area contributed by atoms with E-state index in [0.29, 0.717) is 12.0 Å². The molecule has 0 bridgehead atoms. The van der Waals surface area contributed by atoms with Crippen LogP contribution in [0.3, 0.4) is 0 Å². The first kappa shape index (κ1) is 17.2. The monoisotopic (exact) mass is 275 g/mol. The molecule has 1 heteroatoms. The van der Waals surface area contributed by atoms with Crippen molar-refractivity contribution < 1.29 is 0 Å². The van der Waals surface area contributed by atoms with Gasteiger partial charge < -0.3 is 5.32 Å². The lowest BCUT2D eigenvalue weighted by Crippen LogP contribution is -2.28. The zero-order valence-corrected chi connectivity index (χ0v) is 13.9. The second-order valence-corrected chi connectivity index (χ2v) is 6.38. The molecule has 1 nitrogen and oxygen atoms in total. The third kappa shape index (κ3) is 7.09. The number of rotatable bonds is 10. The van der Waals surface area contributed by atoms with E-state index in [1.165, 1.54) is 49.7 Å². The summed E-state index contributed by atoms with van der Waals surface area (Å²) in [5.41, 5.74) is 2.89. The molecule has 1 atom stereocenters. The summed E-state index contributed by atoms with van der Waals surface area (Å²) < 4.78 is 0. The molecule has 0 amide bonds. The summed E-state index contributed by atoms with van der Waals surface area (Å²) in [7, 11) is 0. The van der Waals surface area contributed by atoms with Gasteiger partial charge in [0.25, 0.3) is 0 Å². The highest BCUT2D eigenvalue weighted by molar-refractivity contribution is 5.25. The summed E-state index contributed by atoms with van der Waals surface area (Å²) in [6.45, 7) is 10.0. The molecule has 0 fully saturated rings. The molecule has 0 radical (unpaired) electrons. The van der Waals surface area contributed by atoms with E-state index in [0.717, 1.165) is 6.54 Å². The van der Waals surface area contributed by atoms with Crippen molar-refractivity contribution in [2.75, 3.05) is 6.54 Å². The van der Waals surface area contributed by atoms with Crippen molar-refractivity contribution in [3.8, 4) is 0 Å². The fourth-order valence-corrected chi connectivity index (χ4v) is 2.68. The van der Waals surface area contributed by atoms with Gasteiger partial charge in [-0.25, -0.2) is 0 Å². The van der Waals surface area contributed by atoms with Crippen molar-refractivity contribution in [1.29, 1.82) is 0 Å². The van der Waals surface area contributed by atoms with Crippen molar-refractivity contribution in [3.05, 3.63) is 35.4 Å². The van der Waals surface area contributed by atoms with Crippen molar-refractivity contribution in [3.63, 3.8) is 0 Å². The number of nitrogens with one attached hydrogen (secondary N) is 1. The van der Waals surface area contributed by atoms with Gasteiger partial charge in [-0.15, -0.1) is 0 Å². The predicted octanol–water partition coefficient (Wildman–Crippen LogP) is 5.44. The maximum atomic E-state index is 3.62. The van der Waals surface area contributed by atoms with Gasteiger partial charge in [0.15, 0.2) is 0 Å². The molecular weight excluding hydrogens is 242 g/mol. The Morgan fingerprint density at radius 3 is 2.45 bits per heavy atom. The molecule has 0 aromatic heterocycles. The number of aryl methyl sites for hydroxylation is 1. The van der Waals surface area contributed by atoms with Gasteiger partial charge in [0.2, 0.25) is 0 Å². The van der Waals surface area contributed by atoms with E-state index in [2.05, 4.69) is 57.3 Å². The first-order valence-electron chi connectivity index (χ1n) is 8.43. The first-order valence-corrected chi connectivity index (χ1v) is 8.43. The Hall–Kier alpha value is -0.820. The molecule has 0 saturated heterocycles. The lowest BCUT2D eigenvalue weighted by atomic mass is 9.91. The summed E-state index contributed by atoms with van der Waals surface area (Å²) in [4.78, 5) is 0. The van der Waals surface area contributed by atoms with Crippen molar-refractivity contribution in [2.24, 2.45) is 0 Å². The lowest BCUT2D eigenvalue weighted by Gasteiger charge is -2.20. The molecule has 1 rings (SSSR count). The molecule has 1 aromatic carbocycles. The summed E-state index contributed by atoms with van der Waals surface area (Å²) in [5.74, 6) is 0.666. The molecule has 1 N–H and O–H groups in total. The number of unbranched alkanes of at least 4 members (excludes halogenated alkanes) is 4. The molecule has 1 aromatic rings. The van der Waals surface area contributed by atoms with E-state index in [4.69, 9.17) is 0 Å². The van der Waals surface area contributed by atoms with Crippen LogP contribution in [0.2, 0.25) is 0 Å². The van der Waals surface area contributed by atoms with E-state index in [9.17, 15) is 0 Å². The van der Waals surface area contributed by atoms with Gasteiger partial charge in [-0.1, -0.05) is 82.7 Å². The smallest absolute Gasteiger partial charge is 0.00225 e. The van der Waals surface area contributed by atoms with Gasteiger partial charge in [-0.3, -0.25) is 0 Å². The normalized spacial score (nSPS) is 12.8. The zero-order chi connectivity index (χ0) is 14.8. The number of hydrogen-bond acceptors (Lipinski definition) is 1. The summed E-state index contributed by atoms with van der Waals surface area (Å²) in [5, 5.41) is 3.62. The van der Waals surface area contributed by atoms with Crippen molar-refractivity contribution in [1.82, 2.24) is 5.32 Å². The maximum Gasteiger partial charge on any atom is 0.00225 e. The van der Waals surface area contributed by atoms with Crippen LogP contribution in [0.5, 0.6) is 0 Å². The van der Waals surface area contributed by atoms with Crippen LogP contribution in [0.25, 0.3) is 0 Å². The van der Waals surface area contributed by atoms with E-state index in [1.807, 2.05) is 0 Å². The Morgan fingerprint density at radius 1 is 1.05 bits per heavy atom. The van der Waals surface area contributed by atoms with Crippen molar-refractivity contribution >= 4 is 0 Å². The molecule has 114 valence electrons. The molecule has 20 heavy (non-hydrogen) atoms. The SMILES string of the molecule is CCCCCCCC(CNC(C)C)c1cccc(C)c1. The van der Waals surface area contributed by atoms with Crippen LogP contribution in [0.1, 0.15) is 76.3 Å². The highest BCUT2D eigenvalue weighted by atomic mass is 14.9. The largest absolute Gasteiger partial charge is 0.314 e. The maximum absolute atomic E-state index is 3.62. The van der Waals surface area contributed by atoms with E-state index in [1.54, 1.807) is 0 Å². The summed E-state index contributed by atoms with van der Waals surface area (Å²) >= 11 is 0. The molecular formula is C19H33N. The zero-order valence-electron chi connectivity index (χ0n) is 13.9. The van der Waals surface area contributed by atoms with Crippen LogP contribution in [0, 0.1) is 6.92 Å². The van der Waals surface area contributed by atoms with E-state index in [-0.39, 0.29) is 0 Å². The predicted molar refractivity (Wildman–Crippen MR) is 90.4 cm³/mol.